The molecule has 1 aliphatic rings. The molecule has 1 fully saturated rings. The number of nitrogens with zero attached hydrogens (tertiary/aromatic N) is 6. The monoisotopic (exact) mass is 407 g/mol. The molecular weight excluding hydrogens is 387 g/mol. The van der Waals surface area contributed by atoms with Gasteiger partial charge in [-0.15, -0.1) is 10.2 Å². The number of ether oxygens (including phenoxy) is 1. The van der Waals surface area contributed by atoms with Crippen LogP contribution in [-0.4, -0.2) is 45.1 Å². The lowest BCUT2D eigenvalue weighted by molar-refractivity contribution is -0.700. The van der Waals surface area contributed by atoms with Gasteiger partial charge in [0.05, 0.1) is 32.1 Å². The second-order valence-electron chi connectivity index (χ2n) is 7.15. The lowest BCUT2D eigenvalue weighted by Crippen LogP contribution is -2.60. The predicted octanol–water partition coefficient (Wildman–Crippen LogP) is 1.80. The van der Waals surface area contributed by atoms with Crippen molar-refractivity contribution in [3.8, 4) is 11.6 Å². The topological polar surface area (TPSA) is 80.2 Å². The number of benzene rings is 1. The van der Waals surface area contributed by atoms with Gasteiger partial charge in [0.25, 0.3) is 0 Å². The molecule has 30 heavy (non-hydrogen) atoms. The SMILES string of the molecule is COc1ccc(-n2c(CO)nnc2N2CC([n+]3cccc4cc(F)ccc43)C2)cn1. The van der Waals surface area contributed by atoms with Crippen LogP contribution in [0, 0.1) is 5.82 Å². The number of hydrogen-bond acceptors (Lipinski definition) is 6. The number of pyridine rings is 2. The van der Waals surface area contributed by atoms with Crippen LogP contribution in [0.3, 0.4) is 0 Å². The van der Waals surface area contributed by atoms with E-state index in [1.165, 1.54) is 6.07 Å². The molecule has 0 bridgehead atoms. The number of fused-ring (bicyclic) bond motifs is 1. The van der Waals surface area contributed by atoms with Crippen LogP contribution >= 0.6 is 0 Å². The van der Waals surface area contributed by atoms with Gasteiger partial charge in [0.15, 0.2) is 18.1 Å². The van der Waals surface area contributed by atoms with Crippen molar-refractivity contribution in [3.63, 3.8) is 0 Å². The zero-order chi connectivity index (χ0) is 20.7. The zero-order valence-corrected chi connectivity index (χ0v) is 16.3. The van der Waals surface area contributed by atoms with Crippen molar-refractivity contribution in [1.82, 2.24) is 19.7 Å². The lowest BCUT2D eigenvalue weighted by atomic mass is 10.1. The third-order valence-electron chi connectivity index (χ3n) is 5.37. The van der Waals surface area contributed by atoms with Crippen LogP contribution in [0.5, 0.6) is 5.88 Å². The van der Waals surface area contributed by atoms with Crippen LogP contribution in [-0.2, 0) is 6.61 Å². The van der Waals surface area contributed by atoms with E-state index < -0.39 is 0 Å². The smallest absolute Gasteiger partial charge is 0.232 e. The van der Waals surface area contributed by atoms with Crippen LogP contribution in [0.2, 0.25) is 0 Å². The Kier molecular flexibility index (Phi) is 4.51. The Labute approximate surface area is 171 Å². The molecule has 0 atom stereocenters. The van der Waals surface area contributed by atoms with Gasteiger partial charge in [-0.3, -0.25) is 4.57 Å². The van der Waals surface area contributed by atoms with E-state index in [9.17, 15) is 9.50 Å². The summed E-state index contributed by atoms with van der Waals surface area (Å²) in [6.07, 6.45) is 3.68. The van der Waals surface area contributed by atoms with Crippen LogP contribution in [0.4, 0.5) is 10.3 Å². The van der Waals surface area contributed by atoms with E-state index in [-0.39, 0.29) is 18.5 Å². The molecule has 1 aromatic carbocycles. The Bertz CT molecular complexity index is 1200. The van der Waals surface area contributed by atoms with Gasteiger partial charge in [-0.05, 0) is 24.3 Å². The maximum Gasteiger partial charge on any atom is 0.232 e. The molecular formula is C21H20FN6O2+. The predicted molar refractivity (Wildman–Crippen MR) is 107 cm³/mol. The van der Waals surface area contributed by atoms with Gasteiger partial charge >= 0.3 is 0 Å². The average molecular weight is 407 g/mol. The minimum atomic E-state index is -0.242. The molecule has 1 N–H and O–H groups in total. The van der Waals surface area contributed by atoms with Crippen molar-refractivity contribution in [3.05, 3.63) is 66.5 Å². The van der Waals surface area contributed by atoms with Gasteiger partial charge in [0, 0.05) is 23.6 Å². The number of methoxy groups -OCH3 is 1. The Hall–Kier alpha value is -3.59. The Morgan fingerprint density at radius 3 is 2.80 bits per heavy atom. The number of rotatable bonds is 5. The largest absolute Gasteiger partial charge is 0.481 e. The summed E-state index contributed by atoms with van der Waals surface area (Å²) < 4.78 is 22.6. The molecule has 1 saturated heterocycles. The van der Waals surface area contributed by atoms with Crippen molar-refractivity contribution >= 4 is 16.9 Å². The van der Waals surface area contributed by atoms with Gasteiger partial charge in [0.1, 0.15) is 12.4 Å². The molecule has 4 aromatic rings. The molecule has 0 spiro atoms. The standard InChI is InChI=1S/C21H20FN6O2/c1-30-20-7-5-16(10-23-20)28-19(13-29)24-25-21(28)26-11-17(12-26)27-8-2-3-14-9-15(22)4-6-18(14)27/h2-10,17,29H,11-13H2,1H3/q+1. The molecule has 5 rings (SSSR count). The number of aliphatic hydroxyl groups excluding tert-OH is 1. The van der Waals surface area contributed by atoms with E-state index in [1.54, 1.807) is 30.0 Å². The fraction of sp³-hybridized carbons (Fsp3) is 0.238. The Balaban J connectivity index is 1.43. The molecule has 9 heteroatoms. The maximum absolute atomic E-state index is 13.6. The minimum absolute atomic E-state index is 0.218. The number of anilines is 1. The molecule has 0 unspecified atom stereocenters. The summed E-state index contributed by atoms with van der Waals surface area (Å²) in [5.74, 6) is 1.35. The summed E-state index contributed by atoms with van der Waals surface area (Å²) in [5.41, 5.74) is 1.73. The minimum Gasteiger partial charge on any atom is -0.481 e. The Morgan fingerprint density at radius 2 is 2.07 bits per heavy atom. The highest BCUT2D eigenvalue weighted by Gasteiger charge is 2.38. The number of aromatic nitrogens is 5. The molecule has 152 valence electrons. The van der Waals surface area contributed by atoms with Gasteiger partial charge < -0.3 is 14.7 Å². The molecule has 0 radical (unpaired) electrons. The van der Waals surface area contributed by atoms with Gasteiger partial charge in [0.2, 0.25) is 17.3 Å². The number of hydrogen-bond donors (Lipinski definition) is 1. The fourth-order valence-electron chi connectivity index (χ4n) is 3.83. The van der Waals surface area contributed by atoms with Crippen molar-refractivity contribution in [2.45, 2.75) is 12.6 Å². The summed E-state index contributed by atoms with van der Waals surface area (Å²) >= 11 is 0. The third-order valence-corrected chi connectivity index (χ3v) is 5.37. The van der Waals surface area contributed by atoms with Crippen LogP contribution in [0.1, 0.15) is 11.9 Å². The van der Waals surface area contributed by atoms with Crippen LogP contribution in [0.25, 0.3) is 16.6 Å². The second kappa shape index (κ2) is 7.34. The van der Waals surface area contributed by atoms with Crippen molar-refractivity contribution < 1.29 is 18.8 Å². The quantitative estimate of drug-likeness (QED) is 0.508. The maximum atomic E-state index is 13.6. The van der Waals surface area contributed by atoms with E-state index >= 15 is 0 Å². The molecule has 4 heterocycles. The van der Waals surface area contributed by atoms with E-state index in [4.69, 9.17) is 4.74 Å². The highest BCUT2D eigenvalue weighted by molar-refractivity contribution is 5.75. The molecule has 0 saturated carbocycles. The van der Waals surface area contributed by atoms with Crippen molar-refractivity contribution in [1.29, 1.82) is 0 Å². The molecule has 8 nitrogen and oxygen atoms in total. The van der Waals surface area contributed by atoms with E-state index in [1.807, 2.05) is 30.5 Å². The first-order chi connectivity index (χ1) is 14.7. The van der Waals surface area contributed by atoms with Crippen molar-refractivity contribution in [2.24, 2.45) is 0 Å². The first kappa shape index (κ1) is 18.4. The summed E-state index contributed by atoms with van der Waals surface area (Å²) in [6, 6.07) is 12.5. The molecule has 1 aliphatic heterocycles. The van der Waals surface area contributed by atoms with Crippen LogP contribution in [0.15, 0.2) is 54.9 Å². The summed E-state index contributed by atoms with van der Waals surface area (Å²) in [7, 11) is 1.56. The van der Waals surface area contributed by atoms with Gasteiger partial charge in [-0.1, -0.05) is 0 Å². The summed E-state index contributed by atoms with van der Waals surface area (Å²) in [4.78, 5) is 6.34. The molecule has 3 aromatic heterocycles. The van der Waals surface area contributed by atoms with E-state index in [2.05, 4.69) is 24.6 Å². The van der Waals surface area contributed by atoms with E-state index in [0.29, 0.717) is 30.7 Å². The highest BCUT2D eigenvalue weighted by atomic mass is 19.1. The molecule has 0 amide bonds. The molecule has 0 aliphatic carbocycles. The lowest BCUT2D eigenvalue weighted by Gasteiger charge is -2.36. The van der Waals surface area contributed by atoms with Gasteiger partial charge in [-0.25, -0.2) is 9.37 Å². The third kappa shape index (κ3) is 3.03. The number of aliphatic hydroxyl groups is 1. The van der Waals surface area contributed by atoms with Crippen LogP contribution < -0.4 is 14.2 Å². The normalized spacial score (nSPS) is 14.2. The first-order valence-corrected chi connectivity index (χ1v) is 9.58. The summed E-state index contributed by atoms with van der Waals surface area (Å²) in [5, 5.41) is 19.0. The van der Waals surface area contributed by atoms with Crippen molar-refractivity contribution in [2.75, 3.05) is 25.1 Å². The number of halogens is 1. The first-order valence-electron chi connectivity index (χ1n) is 9.58. The Morgan fingerprint density at radius 1 is 1.20 bits per heavy atom. The average Bonchev–Trinajstić information content (AvgIpc) is 3.16. The summed E-state index contributed by atoms with van der Waals surface area (Å²) in [6.45, 7) is 1.20. The second-order valence-corrected chi connectivity index (χ2v) is 7.15. The van der Waals surface area contributed by atoms with E-state index in [0.717, 1.165) is 16.6 Å². The van der Waals surface area contributed by atoms with Gasteiger partial charge in [-0.2, -0.15) is 4.57 Å². The zero-order valence-electron chi connectivity index (χ0n) is 16.3. The highest BCUT2D eigenvalue weighted by Crippen LogP contribution is 2.28. The fourth-order valence-corrected chi connectivity index (χ4v) is 3.83.